The minimum absolute atomic E-state index is 0.161. The molecule has 2 aromatic carbocycles. The molecule has 0 saturated heterocycles. The summed E-state index contributed by atoms with van der Waals surface area (Å²) < 4.78 is 32.2. The highest BCUT2D eigenvalue weighted by Gasteiger charge is 2.19. The van der Waals surface area contributed by atoms with Crippen LogP contribution in [-0.2, 0) is 22.4 Å². The molecule has 0 aliphatic heterocycles. The summed E-state index contributed by atoms with van der Waals surface area (Å²) in [6.45, 7) is 0. The van der Waals surface area contributed by atoms with Gasteiger partial charge in [0.2, 0.25) is 0 Å². The lowest BCUT2D eigenvalue weighted by Crippen LogP contribution is -2.12. The summed E-state index contributed by atoms with van der Waals surface area (Å²) in [4.78, 5) is 3.11. The van der Waals surface area contributed by atoms with Crippen molar-refractivity contribution in [3.05, 3.63) is 47.1 Å². The van der Waals surface area contributed by atoms with Crippen molar-refractivity contribution in [2.75, 3.05) is 10.5 Å². The van der Waals surface area contributed by atoms with Crippen LogP contribution in [0.3, 0.4) is 0 Å². The van der Waals surface area contributed by atoms with E-state index in [9.17, 15) is 8.42 Å². The van der Waals surface area contributed by atoms with E-state index in [-0.39, 0.29) is 4.90 Å². The first-order valence-electron chi connectivity index (χ1n) is 6.43. The summed E-state index contributed by atoms with van der Waals surface area (Å²) in [6.07, 6.45) is 1.45. The molecule has 9 heteroatoms. The summed E-state index contributed by atoms with van der Waals surface area (Å²) in [6, 6.07) is 9.93. The minimum atomic E-state index is -3.76. The first kappa shape index (κ1) is 15.9. The number of nitrogens with one attached hydrogen (secondary N) is 2. The maximum absolute atomic E-state index is 12.6. The number of aromatic amines is 1. The average molecular weight is 411 g/mol. The number of benzene rings is 2. The number of nitrogen functional groups attached to an aromatic ring is 1. The number of nitrogens with two attached hydrogens (primary N) is 1. The van der Waals surface area contributed by atoms with Gasteiger partial charge < -0.3 is 10.7 Å². The van der Waals surface area contributed by atoms with Crippen LogP contribution in [0.5, 0.6) is 0 Å². The minimum Gasteiger partial charge on any atom is -0.397 e. The van der Waals surface area contributed by atoms with Crippen molar-refractivity contribution < 1.29 is 8.42 Å². The fourth-order valence-corrected chi connectivity index (χ4v) is 3.94. The van der Waals surface area contributed by atoms with Gasteiger partial charge in [0.1, 0.15) is 10.6 Å². The Morgan fingerprint density at radius 1 is 1.22 bits per heavy atom. The zero-order valence-corrected chi connectivity index (χ0v) is 14.8. The average Bonchev–Trinajstić information content (AvgIpc) is 2.92. The number of nitrogens with zero attached hydrogens (tertiary/aromatic N) is 1. The molecule has 0 spiro atoms. The fourth-order valence-electron chi connectivity index (χ4n) is 2.19. The third-order valence-electron chi connectivity index (χ3n) is 3.28. The Bertz CT molecular complexity index is 1010. The van der Waals surface area contributed by atoms with Crippen molar-refractivity contribution >= 4 is 66.3 Å². The van der Waals surface area contributed by atoms with Gasteiger partial charge >= 0.3 is 0 Å². The molecule has 4 N–H and O–H groups in total. The number of anilines is 2. The number of rotatable bonds is 4. The third-order valence-corrected chi connectivity index (χ3v) is 5.39. The molecule has 0 amide bonds. The monoisotopic (exact) mass is 410 g/mol. The Morgan fingerprint density at radius 2 is 2.00 bits per heavy atom. The lowest BCUT2D eigenvalue weighted by Gasteiger charge is -2.08. The number of fused-ring (bicyclic) bond motifs is 1. The van der Waals surface area contributed by atoms with E-state index in [4.69, 9.17) is 5.73 Å². The lowest BCUT2D eigenvalue weighted by atomic mass is 10.2. The van der Waals surface area contributed by atoms with Gasteiger partial charge in [-0.15, -0.1) is 0 Å². The summed E-state index contributed by atoms with van der Waals surface area (Å²) in [5.74, 6) is 0. The number of H-pyrrole nitrogens is 1. The predicted octanol–water partition coefficient (Wildman–Crippen LogP) is 3.68. The molecule has 0 fully saturated rings. The summed E-state index contributed by atoms with van der Waals surface area (Å²) in [7, 11) is -3.76. The van der Waals surface area contributed by atoms with E-state index in [0.29, 0.717) is 22.4 Å². The lowest BCUT2D eigenvalue weighted by molar-refractivity contribution is 0.602. The molecule has 23 heavy (non-hydrogen) atoms. The van der Waals surface area contributed by atoms with Crippen LogP contribution in [0.25, 0.3) is 10.9 Å². The topological polar surface area (TPSA) is 100 Å². The molecule has 0 atom stereocenters. The Labute approximate surface area is 146 Å². The molecular weight excluding hydrogens is 400 g/mol. The molecule has 0 unspecified atom stereocenters. The van der Waals surface area contributed by atoms with E-state index < -0.39 is 10.0 Å². The number of hydrogen-bond acceptors (Lipinski definition) is 5. The van der Waals surface area contributed by atoms with E-state index in [0.717, 1.165) is 9.99 Å². The molecular formula is C14H11BrN4O2S2. The number of halogens is 1. The van der Waals surface area contributed by atoms with Gasteiger partial charge in [0, 0.05) is 34.0 Å². The first-order valence-corrected chi connectivity index (χ1v) is 9.07. The van der Waals surface area contributed by atoms with E-state index in [1.165, 1.54) is 12.3 Å². The second-order valence-electron chi connectivity index (χ2n) is 4.81. The molecule has 0 bridgehead atoms. The van der Waals surface area contributed by atoms with Crippen molar-refractivity contribution in [1.82, 2.24) is 4.98 Å². The molecule has 1 aromatic heterocycles. The summed E-state index contributed by atoms with van der Waals surface area (Å²) in [5, 5.41) is 0.601. The normalized spacial score (nSPS) is 11.5. The van der Waals surface area contributed by atoms with Gasteiger partial charge in [-0.05, 0) is 30.3 Å². The number of aromatic nitrogens is 1. The molecule has 1 heterocycles. The highest BCUT2D eigenvalue weighted by atomic mass is 79.9. The van der Waals surface area contributed by atoms with Crippen LogP contribution < -0.4 is 10.5 Å². The van der Waals surface area contributed by atoms with Gasteiger partial charge in [0.05, 0.1) is 11.4 Å². The van der Waals surface area contributed by atoms with Gasteiger partial charge in [0.25, 0.3) is 10.0 Å². The Kier molecular flexibility index (Phi) is 4.09. The maximum atomic E-state index is 12.6. The smallest absolute Gasteiger partial charge is 0.264 e. The van der Waals surface area contributed by atoms with Crippen LogP contribution in [-0.4, -0.2) is 13.4 Å². The van der Waals surface area contributed by atoms with Crippen molar-refractivity contribution in [1.29, 1.82) is 0 Å². The van der Waals surface area contributed by atoms with Crippen molar-refractivity contribution in [2.45, 2.75) is 4.90 Å². The van der Waals surface area contributed by atoms with Crippen molar-refractivity contribution in [2.24, 2.45) is 4.36 Å². The van der Waals surface area contributed by atoms with Gasteiger partial charge in [-0.25, -0.2) is 8.42 Å². The van der Waals surface area contributed by atoms with Crippen LogP contribution in [0.2, 0.25) is 0 Å². The highest BCUT2D eigenvalue weighted by molar-refractivity contribution is 9.10. The van der Waals surface area contributed by atoms with E-state index >= 15 is 0 Å². The Morgan fingerprint density at radius 3 is 2.74 bits per heavy atom. The highest BCUT2D eigenvalue weighted by Crippen LogP contribution is 2.29. The van der Waals surface area contributed by atoms with Gasteiger partial charge in [-0.3, -0.25) is 4.72 Å². The maximum Gasteiger partial charge on any atom is 0.264 e. The van der Waals surface area contributed by atoms with E-state index in [1.807, 2.05) is 6.07 Å². The van der Waals surface area contributed by atoms with Crippen molar-refractivity contribution in [3.63, 3.8) is 0 Å². The predicted molar refractivity (Wildman–Crippen MR) is 97.1 cm³/mol. The zero-order chi connectivity index (χ0) is 16.6. The van der Waals surface area contributed by atoms with Crippen molar-refractivity contribution in [3.8, 4) is 0 Å². The van der Waals surface area contributed by atoms with E-state index in [2.05, 4.69) is 42.4 Å². The van der Waals surface area contributed by atoms with Gasteiger partial charge in [-0.2, -0.15) is 4.36 Å². The summed E-state index contributed by atoms with van der Waals surface area (Å²) >= 11 is 7.97. The number of hydrogen-bond donors (Lipinski definition) is 3. The largest absolute Gasteiger partial charge is 0.397 e. The zero-order valence-electron chi connectivity index (χ0n) is 11.6. The SMILES string of the molecule is Nc1ccc(NS(=O)(=O)c2c[nH]c3cc(Br)ccc23)cc1N=S. The van der Waals surface area contributed by atoms with Crippen LogP contribution in [0.15, 0.2) is 56.3 Å². The molecule has 6 nitrogen and oxygen atoms in total. The Balaban J connectivity index is 2.02. The second-order valence-corrected chi connectivity index (χ2v) is 7.56. The molecule has 0 aliphatic carbocycles. The third kappa shape index (κ3) is 3.07. The quantitative estimate of drug-likeness (QED) is 0.571. The van der Waals surface area contributed by atoms with Gasteiger partial charge in [0.15, 0.2) is 0 Å². The fraction of sp³-hybridized carbons (Fsp3) is 0. The van der Waals surface area contributed by atoms with Crippen LogP contribution in [0, 0.1) is 0 Å². The van der Waals surface area contributed by atoms with Crippen LogP contribution in [0.1, 0.15) is 0 Å². The second kappa shape index (κ2) is 5.91. The standard InChI is InChI=1S/C14H11BrN4O2S2/c15-8-1-3-10-12(5-8)17-7-14(10)23(20,21)19-9-2-4-11(16)13(6-9)18-22/h1-7,17,19H,16H2. The molecule has 118 valence electrons. The number of sulfonamides is 1. The molecule has 0 saturated carbocycles. The van der Waals surface area contributed by atoms with E-state index in [1.54, 1.807) is 24.3 Å². The van der Waals surface area contributed by atoms with Crippen LogP contribution in [0.4, 0.5) is 17.1 Å². The van der Waals surface area contributed by atoms with Gasteiger partial charge in [-0.1, -0.05) is 22.0 Å². The Hall–Kier alpha value is -1.97. The molecule has 3 aromatic rings. The summed E-state index contributed by atoms with van der Waals surface area (Å²) in [5.41, 5.74) is 7.50. The molecule has 3 rings (SSSR count). The van der Waals surface area contributed by atoms with Crippen LogP contribution >= 0.6 is 15.9 Å². The first-order chi connectivity index (χ1) is 10.9. The molecule has 0 aliphatic rings. The molecule has 0 radical (unpaired) electrons.